The van der Waals surface area contributed by atoms with Crippen LogP contribution in [0, 0.1) is 0 Å². The van der Waals surface area contributed by atoms with Crippen LogP contribution in [0.4, 0.5) is 0 Å². The van der Waals surface area contributed by atoms with Crippen molar-refractivity contribution >= 4 is 23.6 Å². The summed E-state index contributed by atoms with van der Waals surface area (Å²) in [5, 5.41) is 0. The molecule has 0 aromatic heterocycles. The van der Waals surface area contributed by atoms with Gasteiger partial charge in [-0.15, -0.1) is 11.8 Å². The molecule has 1 aromatic carbocycles. The van der Waals surface area contributed by atoms with Gasteiger partial charge >= 0.3 is 0 Å². The molecule has 2 aliphatic rings. The highest BCUT2D eigenvalue weighted by Crippen LogP contribution is 2.26. The Kier molecular flexibility index (Phi) is 4.71. The maximum absolute atomic E-state index is 12.8. The maximum Gasteiger partial charge on any atom is 0.246 e. The van der Waals surface area contributed by atoms with Crippen LogP contribution in [0.3, 0.4) is 0 Å². The molecule has 2 aliphatic heterocycles. The van der Waals surface area contributed by atoms with Crippen molar-refractivity contribution < 1.29 is 9.59 Å². The standard InChI is InChI=1S/C17H22N2O2S/c1-2-5-16(20)19-12-22-11-15(19)17(21)18-9-8-13-6-3-4-7-14(13)10-18/h3-4,6-7,15H,2,5,8-12H2,1H3/t15-/m0/s1. The normalized spacial score (nSPS) is 20.9. The monoisotopic (exact) mass is 318 g/mol. The summed E-state index contributed by atoms with van der Waals surface area (Å²) in [5.41, 5.74) is 2.57. The van der Waals surface area contributed by atoms with Gasteiger partial charge in [-0.3, -0.25) is 9.59 Å². The van der Waals surface area contributed by atoms with Gasteiger partial charge in [-0.05, 0) is 24.0 Å². The molecule has 1 fully saturated rings. The highest BCUT2D eigenvalue weighted by Gasteiger charge is 2.37. The molecule has 0 bridgehead atoms. The minimum atomic E-state index is -0.269. The Labute approximate surface area is 135 Å². The van der Waals surface area contributed by atoms with Crippen LogP contribution >= 0.6 is 11.8 Å². The molecule has 1 atom stereocenters. The minimum absolute atomic E-state index is 0.114. The van der Waals surface area contributed by atoms with Crippen molar-refractivity contribution in [3.05, 3.63) is 35.4 Å². The first-order valence-corrected chi connectivity index (χ1v) is 9.09. The Balaban J connectivity index is 1.70. The van der Waals surface area contributed by atoms with Crippen molar-refractivity contribution in [3.8, 4) is 0 Å². The number of rotatable bonds is 3. The third-order valence-corrected chi connectivity index (χ3v) is 5.41. The lowest BCUT2D eigenvalue weighted by molar-refractivity contribution is -0.144. The molecule has 2 heterocycles. The van der Waals surface area contributed by atoms with Gasteiger partial charge in [0.25, 0.3) is 0 Å². The number of hydrogen-bond acceptors (Lipinski definition) is 3. The van der Waals surface area contributed by atoms with Crippen molar-refractivity contribution in [2.24, 2.45) is 0 Å². The molecule has 4 nitrogen and oxygen atoms in total. The number of nitrogens with zero attached hydrogens (tertiary/aromatic N) is 2. The molecular formula is C17H22N2O2S. The number of benzene rings is 1. The van der Waals surface area contributed by atoms with Crippen LogP contribution in [0.5, 0.6) is 0 Å². The first-order chi connectivity index (χ1) is 10.7. The van der Waals surface area contributed by atoms with E-state index in [1.165, 1.54) is 11.1 Å². The average molecular weight is 318 g/mol. The topological polar surface area (TPSA) is 40.6 Å². The largest absolute Gasteiger partial charge is 0.336 e. The molecule has 5 heteroatoms. The Hall–Kier alpha value is -1.49. The predicted molar refractivity (Wildman–Crippen MR) is 88.4 cm³/mol. The van der Waals surface area contributed by atoms with E-state index in [4.69, 9.17) is 0 Å². The summed E-state index contributed by atoms with van der Waals surface area (Å²) in [5.74, 6) is 1.61. The zero-order chi connectivity index (χ0) is 15.5. The SMILES string of the molecule is CCCC(=O)N1CSC[C@H]1C(=O)N1CCc2ccccc2C1. The number of thioether (sulfide) groups is 1. The first-order valence-electron chi connectivity index (χ1n) is 7.93. The highest BCUT2D eigenvalue weighted by atomic mass is 32.2. The fourth-order valence-corrected chi connectivity index (χ4v) is 4.32. The Bertz CT molecular complexity index is 576. The second kappa shape index (κ2) is 6.73. The second-order valence-corrected chi connectivity index (χ2v) is 6.91. The van der Waals surface area contributed by atoms with Crippen LogP contribution in [0.2, 0.25) is 0 Å². The summed E-state index contributed by atoms with van der Waals surface area (Å²) in [6.07, 6.45) is 2.27. The van der Waals surface area contributed by atoms with E-state index < -0.39 is 0 Å². The molecule has 1 saturated heterocycles. The predicted octanol–water partition coefficient (Wildman–Crippen LogP) is 2.27. The number of amides is 2. The van der Waals surface area contributed by atoms with E-state index in [-0.39, 0.29) is 17.9 Å². The average Bonchev–Trinajstić information content (AvgIpc) is 3.03. The summed E-state index contributed by atoms with van der Waals surface area (Å²) in [4.78, 5) is 28.7. The van der Waals surface area contributed by atoms with Crippen molar-refractivity contribution in [3.63, 3.8) is 0 Å². The van der Waals surface area contributed by atoms with Crippen LogP contribution in [0.1, 0.15) is 30.9 Å². The Morgan fingerprint density at radius 1 is 1.27 bits per heavy atom. The van der Waals surface area contributed by atoms with E-state index in [0.29, 0.717) is 18.8 Å². The van der Waals surface area contributed by atoms with Crippen LogP contribution in [-0.4, -0.2) is 45.8 Å². The summed E-state index contributed by atoms with van der Waals surface area (Å²) in [6, 6.07) is 8.04. The highest BCUT2D eigenvalue weighted by molar-refractivity contribution is 7.99. The number of carbonyl (C=O) groups is 2. The first kappa shape index (κ1) is 15.4. The van der Waals surface area contributed by atoms with Gasteiger partial charge in [0, 0.05) is 25.3 Å². The van der Waals surface area contributed by atoms with E-state index in [1.807, 2.05) is 17.9 Å². The van der Waals surface area contributed by atoms with Gasteiger partial charge < -0.3 is 9.80 Å². The summed E-state index contributed by atoms with van der Waals surface area (Å²) >= 11 is 1.68. The van der Waals surface area contributed by atoms with Gasteiger partial charge in [0.15, 0.2) is 0 Å². The zero-order valence-electron chi connectivity index (χ0n) is 13.0. The van der Waals surface area contributed by atoms with Gasteiger partial charge in [0.2, 0.25) is 11.8 Å². The van der Waals surface area contributed by atoms with Gasteiger partial charge in [-0.1, -0.05) is 31.2 Å². The minimum Gasteiger partial charge on any atom is -0.336 e. The Morgan fingerprint density at radius 2 is 2.05 bits per heavy atom. The van der Waals surface area contributed by atoms with Crippen LogP contribution in [-0.2, 0) is 22.6 Å². The van der Waals surface area contributed by atoms with Crippen molar-refractivity contribution in [2.75, 3.05) is 18.2 Å². The smallest absolute Gasteiger partial charge is 0.246 e. The molecular weight excluding hydrogens is 296 g/mol. The zero-order valence-corrected chi connectivity index (χ0v) is 13.8. The molecule has 118 valence electrons. The molecule has 22 heavy (non-hydrogen) atoms. The lowest BCUT2D eigenvalue weighted by atomic mass is 9.99. The van der Waals surface area contributed by atoms with Crippen molar-refractivity contribution in [1.29, 1.82) is 0 Å². The molecule has 0 unspecified atom stereocenters. The number of carbonyl (C=O) groups excluding carboxylic acids is 2. The van der Waals surface area contributed by atoms with Crippen molar-refractivity contribution in [2.45, 2.75) is 38.8 Å². The van der Waals surface area contributed by atoms with E-state index in [0.717, 1.165) is 25.1 Å². The van der Waals surface area contributed by atoms with Crippen LogP contribution < -0.4 is 0 Å². The lowest BCUT2D eigenvalue weighted by Gasteiger charge is -2.33. The summed E-state index contributed by atoms with van der Waals surface area (Å²) < 4.78 is 0. The fourth-order valence-electron chi connectivity index (χ4n) is 3.15. The lowest BCUT2D eigenvalue weighted by Crippen LogP contribution is -2.50. The van der Waals surface area contributed by atoms with Gasteiger partial charge in [-0.2, -0.15) is 0 Å². The fraction of sp³-hybridized carbons (Fsp3) is 0.529. The molecule has 2 amide bonds. The molecule has 0 N–H and O–H groups in total. The summed E-state index contributed by atoms with van der Waals surface area (Å²) in [7, 11) is 0. The van der Waals surface area contributed by atoms with Gasteiger partial charge in [0.1, 0.15) is 6.04 Å². The van der Waals surface area contributed by atoms with Gasteiger partial charge in [0.05, 0.1) is 5.88 Å². The molecule has 3 rings (SSSR count). The van der Waals surface area contributed by atoms with E-state index in [2.05, 4.69) is 18.2 Å². The summed E-state index contributed by atoms with van der Waals surface area (Å²) in [6.45, 7) is 3.43. The molecule has 1 aromatic rings. The number of hydrogen-bond donors (Lipinski definition) is 0. The van der Waals surface area contributed by atoms with Crippen molar-refractivity contribution in [1.82, 2.24) is 9.80 Å². The molecule has 0 aliphatic carbocycles. The van der Waals surface area contributed by atoms with Gasteiger partial charge in [-0.25, -0.2) is 0 Å². The van der Waals surface area contributed by atoms with Crippen LogP contribution in [0.15, 0.2) is 24.3 Å². The molecule has 0 radical (unpaired) electrons. The van der Waals surface area contributed by atoms with E-state index in [9.17, 15) is 9.59 Å². The maximum atomic E-state index is 12.8. The molecule has 0 saturated carbocycles. The third-order valence-electron chi connectivity index (χ3n) is 4.39. The van der Waals surface area contributed by atoms with E-state index in [1.54, 1.807) is 16.7 Å². The quantitative estimate of drug-likeness (QED) is 0.858. The van der Waals surface area contributed by atoms with Crippen LogP contribution in [0.25, 0.3) is 0 Å². The van der Waals surface area contributed by atoms with E-state index >= 15 is 0 Å². The Morgan fingerprint density at radius 3 is 2.82 bits per heavy atom. The second-order valence-electron chi connectivity index (χ2n) is 5.91. The molecule has 0 spiro atoms. The number of fused-ring (bicyclic) bond motifs is 1. The third kappa shape index (κ3) is 3.00.